The second-order valence-electron chi connectivity index (χ2n) is 2.98. The molecular formula is C11H7ClO2. The molecule has 0 saturated heterocycles. The van der Waals surface area contributed by atoms with Gasteiger partial charge in [0.2, 0.25) is 0 Å². The van der Waals surface area contributed by atoms with Crippen molar-refractivity contribution in [1.82, 2.24) is 0 Å². The summed E-state index contributed by atoms with van der Waals surface area (Å²) < 4.78 is 0. The molecule has 0 fully saturated rings. The van der Waals surface area contributed by atoms with Gasteiger partial charge in [0, 0.05) is 5.02 Å². The highest BCUT2D eigenvalue weighted by Crippen LogP contribution is 2.22. The molecule has 0 spiro atoms. The summed E-state index contributed by atoms with van der Waals surface area (Å²) in [6.07, 6.45) is 0. The zero-order valence-electron chi connectivity index (χ0n) is 7.20. The van der Waals surface area contributed by atoms with Crippen LogP contribution in [0.15, 0.2) is 36.4 Å². The lowest BCUT2D eigenvalue weighted by Crippen LogP contribution is -1.96. The lowest BCUT2D eigenvalue weighted by atomic mass is 10.1. The smallest absolute Gasteiger partial charge is 0.336 e. The van der Waals surface area contributed by atoms with E-state index in [9.17, 15) is 4.79 Å². The lowest BCUT2D eigenvalue weighted by molar-refractivity contribution is 0.0699. The van der Waals surface area contributed by atoms with Crippen molar-refractivity contribution in [3.63, 3.8) is 0 Å². The van der Waals surface area contributed by atoms with Gasteiger partial charge in [-0.05, 0) is 29.0 Å². The van der Waals surface area contributed by atoms with Crippen LogP contribution in [0.2, 0.25) is 5.02 Å². The van der Waals surface area contributed by atoms with Crippen molar-refractivity contribution in [2.24, 2.45) is 0 Å². The summed E-state index contributed by atoms with van der Waals surface area (Å²) >= 11 is 5.80. The van der Waals surface area contributed by atoms with Gasteiger partial charge in [-0.1, -0.05) is 29.8 Å². The number of aromatic carboxylic acids is 1. The number of fused-ring (bicyclic) bond motifs is 1. The highest BCUT2D eigenvalue weighted by atomic mass is 35.5. The highest BCUT2D eigenvalue weighted by Gasteiger charge is 2.07. The Morgan fingerprint density at radius 2 is 2.00 bits per heavy atom. The van der Waals surface area contributed by atoms with E-state index in [1.54, 1.807) is 30.3 Å². The second-order valence-corrected chi connectivity index (χ2v) is 3.41. The average molecular weight is 207 g/mol. The van der Waals surface area contributed by atoms with E-state index >= 15 is 0 Å². The first-order chi connectivity index (χ1) is 6.68. The molecule has 14 heavy (non-hydrogen) atoms. The molecule has 0 bridgehead atoms. The van der Waals surface area contributed by atoms with Gasteiger partial charge in [-0.3, -0.25) is 0 Å². The van der Waals surface area contributed by atoms with Gasteiger partial charge in [-0.25, -0.2) is 4.79 Å². The van der Waals surface area contributed by atoms with E-state index in [1.165, 1.54) is 0 Å². The molecule has 0 aromatic heterocycles. The SMILES string of the molecule is O=C(O)c1cccc2cc(Cl)ccc12. The third-order valence-electron chi connectivity index (χ3n) is 2.07. The van der Waals surface area contributed by atoms with Crippen molar-refractivity contribution in [2.45, 2.75) is 0 Å². The van der Waals surface area contributed by atoms with Crippen molar-refractivity contribution in [3.8, 4) is 0 Å². The van der Waals surface area contributed by atoms with Gasteiger partial charge in [0.15, 0.2) is 0 Å². The van der Waals surface area contributed by atoms with Gasteiger partial charge in [0.25, 0.3) is 0 Å². The molecule has 0 saturated carbocycles. The van der Waals surface area contributed by atoms with E-state index < -0.39 is 5.97 Å². The number of carboxylic acids is 1. The number of hydrogen-bond donors (Lipinski definition) is 1. The third kappa shape index (κ3) is 1.44. The zero-order chi connectivity index (χ0) is 10.1. The second kappa shape index (κ2) is 3.31. The van der Waals surface area contributed by atoms with E-state index in [0.29, 0.717) is 16.0 Å². The fourth-order valence-corrected chi connectivity index (χ4v) is 1.62. The number of carbonyl (C=O) groups is 1. The molecule has 2 aromatic rings. The van der Waals surface area contributed by atoms with Crippen LogP contribution in [0.1, 0.15) is 10.4 Å². The fourth-order valence-electron chi connectivity index (χ4n) is 1.44. The van der Waals surface area contributed by atoms with E-state index in [2.05, 4.69) is 0 Å². The van der Waals surface area contributed by atoms with E-state index in [1.807, 2.05) is 6.07 Å². The third-order valence-corrected chi connectivity index (χ3v) is 2.31. The van der Waals surface area contributed by atoms with Crippen LogP contribution >= 0.6 is 11.6 Å². The van der Waals surface area contributed by atoms with Crippen molar-refractivity contribution < 1.29 is 9.90 Å². The topological polar surface area (TPSA) is 37.3 Å². The highest BCUT2D eigenvalue weighted by molar-refractivity contribution is 6.31. The molecule has 2 aromatic carbocycles. The molecule has 0 aliphatic rings. The summed E-state index contributed by atoms with van der Waals surface area (Å²) in [5.41, 5.74) is 0.305. The van der Waals surface area contributed by atoms with Crippen LogP contribution in [-0.2, 0) is 0 Å². The van der Waals surface area contributed by atoms with Gasteiger partial charge in [-0.2, -0.15) is 0 Å². The Bertz CT molecular complexity index is 506. The van der Waals surface area contributed by atoms with Crippen LogP contribution in [0.4, 0.5) is 0 Å². The molecular weight excluding hydrogens is 200 g/mol. The summed E-state index contributed by atoms with van der Waals surface area (Å²) in [7, 11) is 0. The van der Waals surface area contributed by atoms with E-state index in [-0.39, 0.29) is 0 Å². The van der Waals surface area contributed by atoms with Crippen molar-refractivity contribution in [1.29, 1.82) is 0 Å². The number of rotatable bonds is 1. The normalized spacial score (nSPS) is 10.4. The Morgan fingerprint density at radius 1 is 1.21 bits per heavy atom. The molecule has 1 N–H and O–H groups in total. The predicted molar refractivity (Wildman–Crippen MR) is 55.9 cm³/mol. The molecule has 0 atom stereocenters. The molecule has 2 rings (SSSR count). The van der Waals surface area contributed by atoms with Crippen LogP contribution in [0.25, 0.3) is 10.8 Å². The molecule has 0 amide bonds. The Balaban J connectivity index is 2.81. The number of halogens is 1. The first-order valence-corrected chi connectivity index (χ1v) is 4.48. The molecule has 0 heterocycles. The first-order valence-electron chi connectivity index (χ1n) is 4.10. The fraction of sp³-hybridized carbons (Fsp3) is 0. The Hall–Kier alpha value is -1.54. The minimum atomic E-state index is -0.919. The number of carboxylic acid groups (broad SMARTS) is 1. The minimum absolute atomic E-state index is 0.305. The van der Waals surface area contributed by atoms with Gasteiger partial charge in [0.1, 0.15) is 0 Å². The molecule has 3 heteroatoms. The van der Waals surface area contributed by atoms with Crippen LogP contribution in [0.3, 0.4) is 0 Å². The predicted octanol–water partition coefficient (Wildman–Crippen LogP) is 3.19. The summed E-state index contributed by atoms with van der Waals surface area (Å²) in [5.74, 6) is -0.919. The van der Waals surface area contributed by atoms with Crippen molar-refractivity contribution in [2.75, 3.05) is 0 Å². The quantitative estimate of drug-likeness (QED) is 0.778. The molecule has 0 aliphatic heterocycles. The zero-order valence-corrected chi connectivity index (χ0v) is 7.95. The summed E-state index contributed by atoms with van der Waals surface area (Å²) in [6.45, 7) is 0. The Kier molecular flexibility index (Phi) is 2.14. The monoisotopic (exact) mass is 206 g/mol. The van der Waals surface area contributed by atoms with E-state index in [0.717, 1.165) is 5.39 Å². The summed E-state index contributed by atoms with van der Waals surface area (Å²) in [5, 5.41) is 11.1. The molecule has 70 valence electrons. The number of benzene rings is 2. The average Bonchev–Trinajstić information content (AvgIpc) is 2.16. The van der Waals surface area contributed by atoms with Crippen molar-refractivity contribution >= 4 is 28.3 Å². The standard InChI is InChI=1S/C11H7ClO2/c12-8-4-5-9-7(6-8)2-1-3-10(9)11(13)14/h1-6H,(H,13,14). The van der Waals surface area contributed by atoms with Crippen LogP contribution in [-0.4, -0.2) is 11.1 Å². The largest absolute Gasteiger partial charge is 0.478 e. The molecule has 0 radical (unpaired) electrons. The maximum Gasteiger partial charge on any atom is 0.336 e. The first kappa shape index (κ1) is 9.03. The van der Waals surface area contributed by atoms with Gasteiger partial charge < -0.3 is 5.11 Å². The summed E-state index contributed by atoms with van der Waals surface area (Å²) in [6, 6.07) is 10.3. The van der Waals surface area contributed by atoms with Gasteiger partial charge in [-0.15, -0.1) is 0 Å². The summed E-state index contributed by atoms with van der Waals surface area (Å²) in [4.78, 5) is 10.9. The maximum atomic E-state index is 10.9. The Labute approximate surface area is 85.7 Å². The Morgan fingerprint density at radius 3 is 2.71 bits per heavy atom. The molecule has 0 aliphatic carbocycles. The molecule has 2 nitrogen and oxygen atoms in total. The van der Waals surface area contributed by atoms with Gasteiger partial charge >= 0.3 is 5.97 Å². The number of hydrogen-bond acceptors (Lipinski definition) is 1. The maximum absolute atomic E-state index is 10.9. The lowest BCUT2D eigenvalue weighted by Gasteiger charge is -2.01. The van der Waals surface area contributed by atoms with Crippen molar-refractivity contribution in [3.05, 3.63) is 47.0 Å². The van der Waals surface area contributed by atoms with Crippen LogP contribution < -0.4 is 0 Å². The van der Waals surface area contributed by atoms with E-state index in [4.69, 9.17) is 16.7 Å². The van der Waals surface area contributed by atoms with Gasteiger partial charge in [0.05, 0.1) is 5.56 Å². The van der Waals surface area contributed by atoms with Crippen LogP contribution in [0.5, 0.6) is 0 Å². The van der Waals surface area contributed by atoms with Crippen LogP contribution in [0, 0.1) is 0 Å². The molecule has 0 unspecified atom stereocenters. The minimum Gasteiger partial charge on any atom is -0.478 e.